The van der Waals surface area contributed by atoms with Crippen LogP contribution in [-0.4, -0.2) is 47.1 Å². The van der Waals surface area contributed by atoms with E-state index in [1.54, 1.807) is 34.7 Å². The predicted octanol–water partition coefficient (Wildman–Crippen LogP) is 2.88. The molecular formula is C19H16FN7O2S. The van der Waals surface area contributed by atoms with Crippen molar-refractivity contribution in [3.8, 4) is 22.0 Å². The molecule has 1 aliphatic carbocycles. The third-order valence-corrected chi connectivity index (χ3v) is 5.77. The average Bonchev–Trinajstić information content (AvgIpc) is 3.45. The first kappa shape index (κ1) is 18.6. The van der Waals surface area contributed by atoms with Crippen LogP contribution < -0.4 is 5.32 Å². The monoisotopic (exact) mass is 425 g/mol. The lowest BCUT2D eigenvalue weighted by molar-refractivity contribution is 0.0435. The summed E-state index contributed by atoms with van der Waals surface area (Å²) in [5.41, 5.74) is 2.11. The molecule has 0 unspecified atom stereocenters. The highest BCUT2D eigenvalue weighted by Crippen LogP contribution is 2.35. The minimum absolute atomic E-state index is 0.0185. The van der Waals surface area contributed by atoms with Crippen molar-refractivity contribution in [3.63, 3.8) is 0 Å². The fourth-order valence-electron chi connectivity index (χ4n) is 3.24. The molecule has 152 valence electrons. The zero-order valence-corrected chi connectivity index (χ0v) is 16.3. The molecular weight excluding hydrogens is 409 g/mol. The summed E-state index contributed by atoms with van der Waals surface area (Å²) >= 11 is 1.33. The van der Waals surface area contributed by atoms with Crippen molar-refractivity contribution < 1.29 is 14.3 Å². The number of hydrogen-bond acceptors (Lipinski definition) is 7. The molecule has 0 aliphatic heterocycles. The van der Waals surface area contributed by atoms with E-state index in [0.29, 0.717) is 34.9 Å². The van der Waals surface area contributed by atoms with Gasteiger partial charge in [0.2, 0.25) is 5.95 Å². The van der Waals surface area contributed by atoms with Gasteiger partial charge in [-0.15, -0.1) is 11.3 Å². The highest BCUT2D eigenvalue weighted by atomic mass is 32.1. The summed E-state index contributed by atoms with van der Waals surface area (Å²) in [6, 6.07) is 4.42. The summed E-state index contributed by atoms with van der Waals surface area (Å²) < 4.78 is 15.3. The molecule has 4 aromatic rings. The first-order chi connectivity index (χ1) is 14.6. The van der Waals surface area contributed by atoms with Crippen molar-refractivity contribution in [3.05, 3.63) is 53.8 Å². The number of rotatable bonds is 5. The van der Waals surface area contributed by atoms with E-state index in [9.17, 15) is 14.3 Å². The van der Waals surface area contributed by atoms with Gasteiger partial charge in [0.05, 0.1) is 29.7 Å². The van der Waals surface area contributed by atoms with Crippen LogP contribution in [-0.2, 0) is 0 Å². The van der Waals surface area contributed by atoms with Crippen molar-refractivity contribution in [2.75, 3.05) is 5.32 Å². The van der Waals surface area contributed by atoms with E-state index in [2.05, 4.69) is 30.6 Å². The number of halogens is 1. The number of aliphatic hydroxyl groups excluding tert-OH is 1. The Kier molecular flexibility index (Phi) is 4.60. The number of nitrogens with one attached hydrogen (secondary N) is 2. The van der Waals surface area contributed by atoms with Gasteiger partial charge in [-0.3, -0.25) is 14.6 Å². The summed E-state index contributed by atoms with van der Waals surface area (Å²) in [7, 11) is 0. The molecule has 1 saturated carbocycles. The maximum atomic E-state index is 13.7. The number of anilines is 1. The topological polar surface area (TPSA) is 122 Å². The predicted molar refractivity (Wildman–Crippen MR) is 107 cm³/mol. The van der Waals surface area contributed by atoms with Crippen molar-refractivity contribution in [2.24, 2.45) is 0 Å². The molecule has 3 N–H and O–H groups in total. The van der Waals surface area contributed by atoms with Crippen LogP contribution in [0.4, 0.5) is 10.1 Å². The largest absolute Gasteiger partial charge is 0.393 e. The molecule has 5 rings (SSSR count). The molecule has 4 heterocycles. The number of aliphatic hydroxyl groups is 1. The fraction of sp³-hybridized carbons (Fsp3) is 0.211. The van der Waals surface area contributed by atoms with Gasteiger partial charge in [0.25, 0.3) is 5.91 Å². The Morgan fingerprint density at radius 2 is 2.20 bits per heavy atom. The van der Waals surface area contributed by atoms with Gasteiger partial charge in [0.15, 0.2) is 0 Å². The third-order valence-electron chi connectivity index (χ3n) is 4.88. The lowest BCUT2D eigenvalue weighted by Gasteiger charge is -2.31. The van der Waals surface area contributed by atoms with E-state index in [-0.39, 0.29) is 17.8 Å². The zero-order valence-electron chi connectivity index (χ0n) is 15.5. The van der Waals surface area contributed by atoms with Gasteiger partial charge in [-0.25, -0.2) is 9.97 Å². The number of pyridine rings is 1. The van der Waals surface area contributed by atoms with Crippen LogP contribution in [0.5, 0.6) is 0 Å². The second-order valence-corrected chi connectivity index (χ2v) is 7.83. The van der Waals surface area contributed by atoms with E-state index >= 15 is 0 Å². The van der Waals surface area contributed by atoms with Crippen molar-refractivity contribution in [1.82, 2.24) is 29.9 Å². The maximum Gasteiger partial charge on any atom is 0.275 e. The number of carbonyl (C=O) groups excluding carboxylic acids is 1. The Labute approximate surface area is 173 Å². The number of thiazole rings is 1. The van der Waals surface area contributed by atoms with E-state index in [1.165, 1.54) is 23.5 Å². The summed E-state index contributed by atoms with van der Waals surface area (Å²) in [6.45, 7) is 0. The SMILES string of the molecule is O=C(Nc1cn(C2CC(O)C2)nc1-c1cccc(F)n1)c1csc(-c2cn[nH]c2)n1. The molecule has 0 atom stereocenters. The fourth-order valence-corrected chi connectivity index (χ4v) is 4.02. The molecule has 0 aromatic carbocycles. The minimum Gasteiger partial charge on any atom is -0.393 e. The zero-order chi connectivity index (χ0) is 20.7. The average molecular weight is 425 g/mol. The number of carbonyl (C=O) groups is 1. The summed E-state index contributed by atoms with van der Waals surface area (Å²) in [4.78, 5) is 21.0. The highest BCUT2D eigenvalue weighted by molar-refractivity contribution is 7.13. The lowest BCUT2D eigenvalue weighted by atomic mass is 9.90. The molecule has 1 aliphatic rings. The van der Waals surface area contributed by atoms with Crippen molar-refractivity contribution >= 4 is 22.9 Å². The van der Waals surface area contributed by atoms with Gasteiger partial charge in [0, 0.05) is 23.3 Å². The van der Waals surface area contributed by atoms with Gasteiger partial charge in [-0.05, 0) is 25.0 Å². The first-order valence-electron chi connectivity index (χ1n) is 9.23. The molecule has 0 spiro atoms. The Bertz CT molecular complexity index is 1200. The molecule has 0 radical (unpaired) electrons. The number of aromatic amines is 1. The Hall–Kier alpha value is -3.44. The smallest absolute Gasteiger partial charge is 0.275 e. The van der Waals surface area contributed by atoms with E-state index in [4.69, 9.17) is 0 Å². The van der Waals surface area contributed by atoms with Gasteiger partial charge in [0.1, 0.15) is 16.4 Å². The molecule has 1 amide bonds. The quantitative estimate of drug-likeness (QED) is 0.423. The van der Waals surface area contributed by atoms with Gasteiger partial charge < -0.3 is 10.4 Å². The summed E-state index contributed by atoms with van der Waals surface area (Å²) in [5.74, 6) is -1.05. The Morgan fingerprint density at radius 1 is 1.33 bits per heavy atom. The maximum absolute atomic E-state index is 13.7. The van der Waals surface area contributed by atoms with Gasteiger partial charge in [-0.2, -0.15) is 14.6 Å². The second kappa shape index (κ2) is 7.43. The standard InChI is InChI=1S/C19H16FN7O2S/c20-16-3-1-2-13(23-16)17-14(8-27(26-17)11-4-12(28)5-11)24-18(29)15-9-30-19(25-15)10-6-21-22-7-10/h1-3,6-9,11-12,28H,4-5H2,(H,21,22)(H,24,29). The molecule has 1 fully saturated rings. The number of aromatic nitrogens is 6. The van der Waals surface area contributed by atoms with Crippen LogP contribution in [0.2, 0.25) is 0 Å². The lowest BCUT2D eigenvalue weighted by Crippen LogP contribution is -2.31. The first-order valence-corrected chi connectivity index (χ1v) is 10.1. The van der Waals surface area contributed by atoms with Crippen LogP contribution >= 0.6 is 11.3 Å². The van der Waals surface area contributed by atoms with Gasteiger partial charge >= 0.3 is 0 Å². The normalized spacial score (nSPS) is 18.2. The van der Waals surface area contributed by atoms with Crippen LogP contribution in [0.15, 0.2) is 42.2 Å². The molecule has 0 saturated heterocycles. The van der Waals surface area contributed by atoms with E-state index in [1.807, 2.05) is 0 Å². The van der Waals surface area contributed by atoms with Crippen LogP contribution in [0, 0.1) is 5.95 Å². The Balaban J connectivity index is 1.44. The van der Waals surface area contributed by atoms with Crippen LogP contribution in [0.3, 0.4) is 0 Å². The van der Waals surface area contributed by atoms with Crippen LogP contribution in [0.1, 0.15) is 29.4 Å². The number of amides is 1. The van der Waals surface area contributed by atoms with Crippen LogP contribution in [0.25, 0.3) is 22.0 Å². The second-order valence-electron chi connectivity index (χ2n) is 6.97. The number of hydrogen-bond donors (Lipinski definition) is 3. The van der Waals surface area contributed by atoms with Crippen molar-refractivity contribution in [2.45, 2.75) is 25.0 Å². The van der Waals surface area contributed by atoms with Gasteiger partial charge in [-0.1, -0.05) is 6.07 Å². The third kappa shape index (κ3) is 3.48. The molecule has 9 nitrogen and oxygen atoms in total. The molecule has 11 heteroatoms. The number of nitrogens with zero attached hydrogens (tertiary/aromatic N) is 5. The molecule has 4 aromatic heterocycles. The van der Waals surface area contributed by atoms with Crippen molar-refractivity contribution in [1.29, 1.82) is 0 Å². The molecule has 30 heavy (non-hydrogen) atoms. The number of H-pyrrole nitrogens is 1. The molecule has 0 bridgehead atoms. The summed E-state index contributed by atoms with van der Waals surface area (Å²) in [6.07, 6.45) is 5.80. The highest BCUT2D eigenvalue weighted by Gasteiger charge is 2.31. The van der Waals surface area contributed by atoms with E-state index < -0.39 is 11.9 Å². The Morgan fingerprint density at radius 3 is 2.93 bits per heavy atom. The minimum atomic E-state index is -0.636. The summed E-state index contributed by atoms with van der Waals surface area (Å²) in [5, 5.41) is 25.8. The van der Waals surface area contributed by atoms with E-state index in [0.717, 1.165) is 5.56 Å².